The van der Waals surface area contributed by atoms with E-state index in [-0.39, 0.29) is 5.97 Å². The molecule has 0 atom stereocenters. The van der Waals surface area contributed by atoms with Crippen molar-refractivity contribution in [3.63, 3.8) is 0 Å². The highest BCUT2D eigenvalue weighted by Crippen LogP contribution is 2.24. The average Bonchev–Trinajstić information content (AvgIpc) is 2.14. The van der Waals surface area contributed by atoms with Crippen LogP contribution in [0.25, 0.3) is 0 Å². The van der Waals surface area contributed by atoms with Gasteiger partial charge < -0.3 is 0 Å². The molecule has 0 amide bonds. The first-order chi connectivity index (χ1) is 6.75. The van der Waals surface area contributed by atoms with E-state index in [9.17, 15) is 4.79 Å². The molecule has 15 heavy (non-hydrogen) atoms. The van der Waals surface area contributed by atoms with Gasteiger partial charge in [0, 0.05) is 0 Å². The average molecular weight is 216 g/mol. The van der Waals surface area contributed by atoms with E-state index in [1.54, 1.807) is 0 Å². The fourth-order valence-corrected chi connectivity index (χ4v) is 1.05. The second kappa shape index (κ2) is 5.50. The number of carbonyl (C=O) groups is 1. The van der Waals surface area contributed by atoms with Crippen molar-refractivity contribution < 1.29 is 14.6 Å². The van der Waals surface area contributed by atoms with Crippen LogP contribution in [-0.2, 0) is 14.6 Å². The Bertz CT molecular complexity index is 207. The van der Waals surface area contributed by atoms with Crippen molar-refractivity contribution in [3.8, 4) is 0 Å². The highest BCUT2D eigenvalue weighted by molar-refractivity contribution is 5.75. The van der Waals surface area contributed by atoms with Crippen molar-refractivity contribution in [2.75, 3.05) is 0 Å². The Labute approximate surface area is 93.1 Å². The maximum atomic E-state index is 11.6. The van der Waals surface area contributed by atoms with Gasteiger partial charge in [-0.1, -0.05) is 20.3 Å². The minimum absolute atomic E-state index is 0.297. The molecule has 0 radical (unpaired) electrons. The van der Waals surface area contributed by atoms with Gasteiger partial charge in [-0.3, -0.25) is 4.89 Å². The first-order valence-electron chi connectivity index (χ1n) is 5.65. The maximum absolute atomic E-state index is 11.6. The zero-order valence-corrected chi connectivity index (χ0v) is 10.8. The van der Waals surface area contributed by atoms with Crippen LogP contribution in [0.2, 0.25) is 0 Å². The minimum Gasteiger partial charge on any atom is -0.297 e. The maximum Gasteiger partial charge on any atom is 0.347 e. The molecule has 0 aliphatic rings. The Balaban J connectivity index is 4.11. The van der Waals surface area contributed by atoms with E-state index >= 15 is 0 Å². The van der Waals surface area contributed by atoms with Gasteiger partial charge in [-0.2, -0.15) is 4.89 Å². The minimum atomic E-state index is -0.470. The summed E-state index contributed by atoms with van der Waals surface area (Å²) in [5.74, 6) is -0.297. The summed E-state index contributed by atoms with van der Waals surface area (Å²) >= 11 is 0. The monoisotopic (exact) mass is 216 g/mol. The molecule has 0 aliphatic heterocycles. The van der Waals surface area contributed by atoms with E-state index in [0.717, 1.165) is 19.3 Å². The van der Waals surface area contributed by atoms with Gasteiger partial charge in [-0.25, -0.2) is 4.79 Å². The van der Waals surface area contributed by atoms with Gasteiger partial charge in [0.25, 0.3) is 0 Å². The normalized spacial score (nSPS) is 12.7. The van der Waals surface area contributed by atoms with Crippen LogP contribution in [0.4, 0.5) is 0 Å². The van der Waals surface area contributed by atoms with Crippen molar-refractivity contribution in [1.82, 2.24) is 0 Å². The van der Waals surface area contributed by atoms with Crippen LogP contribution in [0.1, 0.15) is 60.8 Å². The van der Waals surface area contributed by atoms with E-state index in [0.29, 0.717) is 0 Å². The van der Waals surface area contributed by atoms with E-state index < -0.39 is 11.0 Å². The zero-order valence-electron chi connectivity index (χ0n) is 10.8. The lowest BCUT2D eigenvalue weighted by molar-refractivity contribution is -0.331. The molecule has 90 valence electrons. The van der Waals surface area contributed by atoms with Gasteiger partial charge in [0.05, 0.1) is 5.41 Å². The molecule has 0 spiro atoms. The van der Waals surface area contributed by atoms with Crippen molar-refractivity contribution in [3.05, 3.63) is 0 Å². The Kier molecular flexibility index (Phi) is 5.29. The van der Waals surface area contributed by atoms with Gasteiger partial charge >= 0.3 is 5.97 Å². The Morgan fingerprint density at radius 3 is 2.07 bits per heavy atom. The molecule has 0 aromatic heterocycles. The lowest BCUT2D eigenvalue weighted by atomic mass is 9.91. The van der Waals surface area contributed by atoms with Gasteiger partial charge in [0.1, 0.15) is 5.60 Å². The highest BCUT2D eigenvalue weighted by atomic mass is 17.2. The highest BCUT2D eigenvalue weighted by Gasteiger charge is 2.30. The fourth-order valence-electron chi connectivity index (χ4n) is 1.05. The van der Waals surface area contributed by atoms with E-state index in [4.69, 9.17) is 9.78 Å². The van der Waals surface area contributed by atoms with Gasteiger partial charge in [-0.05, 0) is 40.5 Å². The van der Waals surface area contributed by atoms with Crippen LogP contribution in [0.15, 0.2) is 0 Å². The second-order valence-electron chi connectivity index (χ2n) is 5.20. The Morgan fingerprint density at radius 1 is 1.13 bits per heavy atom. The van der Waals surface area contributed by atoms with Gasteiger partial charge in [0.15, 0.2) is 0 Å². The van der Waals surface area contributed by atoms with Crippen molar-refractivity contribution in [1.29, 1.82) is 0 Å². The molecule has 0 saturated carbocycles. The molecule has 3 heteroatoms. The van der Waals surface area contributed by atoms with Crippen LogP contribution in [0, 0.1) is 5.41 Å². The SMILES string of the molecule is CCCC(C)(C)OOC(=O)C(C)(C)CC. The predicted octanol–water partition coefficient (Wildman–Crippen LogP) is 3.48. The molecule has 0 rings (SSSR count). The smallest absolute Gasteiger partial charge is 0.297 e. The predicted molar refractivity (Wildman–Crippen MR) is 60.2 cm³/mol. The molecule has 0 aromatic carbocycles. The van der Waals surface area contributed by atoms with Crippen LogP contribution in [0.3, 0.4) is 0 Å². The van der Waals surface area contributed by atoms with Crippen LogP contribution < -0.4 is 0 Å². The third kappa shape index (κ3) is 5.17. The molecule has 0 unspecified atom stereocenters. The Hall–Kier alpha value is -0.570. The molecule has 3 nitrogen and oxygen atoms in total. The molecule has 0 fully saturated rings. The second-order valence-corrected chi connectivity index (χ2v) is 5.20. The van der Waals surface area contributed by atoms with E-state index in [1.807, 2.05) is 34.6 Å². The van der Waals surface area contributed by atoms with Gasteiger partial charge in [-0.15, -0.1) is 0 Å². The van der Waals surface area contributed by atoms with Crippen LogP contribution in [0.5, 0.6) is 0 Å². The van der Waals surface area contributed by atoms with Crippen molar-refractivity contribution in [2.24, 2.45) is 5.41 Å². The molecule has 0 heterocycles. The van der Waals surface area contributed by atoms with Crippen LogP contribution >= 0.6 is 0 Å². The lowest BCUT2D eigenvalue weighted by Crippen LogP contribution is -2.31. The fraction of sp³-hybridized carbons (Fsp3) is 0.917. The number of hydrogen-bond acceptors (Lipinski definition) is 3. The summed E-state index contributed by atoms with van der Waals surface area (Å²) < 4.78 is 0. The summed E-state index contributed by atoms with van der Waals surface area (Å²) in [5, 5.41) is 0. The zero-order chi connectivity index (χ0) is 12.1. The summed E-state index contributed by atoms with van der Waals surface area (Å²) in [4.78, 5) is 21.6. The van der Waals surface area contributed by atoms with Crippen molar-refractivity contribution in [2.45, 2.75) is 66.4 Å². The number of carbonyl (C=O) groups excluding carboxylic acids is 1. The summed E-state index contributed by atoms with van der Waals surface area (Å²) in [6.45, 7) is 11.6. The summed E-state index contributed by atoms with van der Waals surface area (Å²) in [6, 6.07) is 0. The summed E-state index contributed by atoms with van der Waals surface area (Å²) in [6.07, 6.45) is 2.61. The summed E-state index contributed by atoms with van der Waals surface area (Å²) in [7, 11) is 0. The topological polar surface area (TPSA) is 35.5 Å². The molecular weight excluding hydrogens is 192 g/mol. The Morgan fingerprint density at radius 2 is 1.67 bits per heavy atom. The first-order valence-corrected chi connectivity index (χ1v) is 5.65. The third-order valence-corrected chi connectivity index (χ3v) is 2.63. The molecular formula is C12H24O3. The van der Waals surface area contributed by atoms with E-state index in [2.05, 4.69) is 6.92 Å². The van der Waals surface area contributed by atoms with Gasteiger partial charge in [0.2, 0.25) is 0 Å². The number of rotatable bonds is 6. The molecule has 0 saturated heterocycles. The number of hydrogen-bond donors (Lipinski definition) is 0. The molecule has 0 N–H and O–H groups in total. The van der Waals surface area contributed by atoms with Crippen LogP contribution in [-0.4, -0.2) is 11.6 Å². The summed E-state index contributed by atoms with van der Waals surface area (Å²) in [5.41, 5.74) is -0.865. The lowest BCUT2D eigenvalue weighted by Gasteiger charge is -2.25. The molecule has 0 aliphatic carbocycles. The third-order valence-electron chi connectivity index (χ3n) is 2.63. The van der Waals surface area contributed by atoms with E-state index in [1.165, 1.54) is 0 Å². The largest absolute Gasteiger partial charge is 0.347 e. The first kappa shape index (κ1) is 14.4. The molecule has 0 aromatic rings. The van der Waals surface area contributed by atoms with Crippen molar-refractivity contribution >= 4 is 5.97 Å². The molecule has 0 bridgehead atoms. The standard InChI is InChI=1S/C12H24O3/c1-7-9-12(5,6)15-14-10(13)11(3,4)8-2/h7-9H2,1-6H3. The quantitative estimate of drug-likeness (QED) is 0.503.